The van der Waals surface area contributed by atoms with E-state index < -0.39 is 11.9 Å². The summed E-state index contributed by atoms with van der Waals surface area (Å²) in [5.41, 5.74) is 5.42. The molecule has 40 heavy (non-hydrogen) atoms. The molecule has 210 valence electrons. The number of likely N-dealkylation sites (tertiary alicyclic amines) is 1. The van der Waals surface area contributed by atoms with Gasteiger partial charge >= 0.3 is 11.9 Å². The van der Waals surface area contributed by atoms with Crippen LogP contribution in [0.5, 0.6) is 11.5 Å². The third-order valence-corrected chi connectivity index (χ3v) is 6.88. The molecule has 5 rings (SSSR count). The topological polar surface area (TPSA) is 121 Å². The zero-order valence-electron chi connectivity index (χ0n) is 22.5. The maximum absolute atomic E-state index is 9.56. The van der Waals surface area contributed by atoms with E-state index in [1.165, 1.54) is 36.8 Å². The number of aliphatic hydroxyl groups is 1. The van der Waals surface area contributed by atoms with E-state index in [0.717, 1.165) is 41.3 Å². The van der Waals surface area contributed by atoms with Gasteiger partial charge in [0.15, 0.2) is 0 Å². The van der Waals surface area contributed by atoms with Crippen LogP contribution in [0.15, 0.2) is 72.8 Å². The summed E-state index contributed by atoms with van der Waals surface area (Å²) in [6, 6.07) is 25.2. The number of hydrogen-bond acceptors (Lipinski definition) is 6. The molecule has 1 aliphatic rings. The van der Waals surface area contributed by atoms with Gasteiger partial charge in [-0.15, -0.1) is 0 Å². The molecular formula is C31H34N2O7. The number of methoxy groups -OCH3 is 1. The number of aromatic nitrogens is 1. The lowest BCUT2D eigenvalue weighted by molar-refractivity contribution is -0.159. The highest BCUT2D eigenvalue weighted by atomic mass is 16.5. The van der Waals surface area contributed by atoms with E-state index in [4.69, 9.17) is 29.3 Å². The van der Waals surface area contributed by atoms with Gasteiger partial charge in [0.2, 0.25) is 0 Å². The van der Waals surface area contributed by atoms with Gasteiger partial charge in [-0.05, 0) is 79.5 Å². The number of fused-ring (bicyclic) bond motifs is 1. The van der Waals surface area contributed by atoms with Gasteiger partial charge in [0, 0.05) is 35.2 Å². The Morgan fingerprint density at radius 2 is 1.60 bits per heavy atom. The molecule has 0 amide bonds. The van der Waals surface area contributed by atoms with E-state index in [2.05, 4.69) is 70.1 Å². The van der Waals surface area contributed by atoms with Crippen LogP contribution >= 0.6 is 0 Å². The second kappa shape index (κ2) is 13.6. The number of aliphatic carboxylic acids is 2. The Labute approximate surface area is 232 Å². The average Bonchev–Trinajstić information content (AvgIpc) is 3.62. The van der Waals surface area contributed by atoms with Crippen molar-refractivity contribution >= 4 is 22.8 Å². The Morgan fingerprint density at radius 3 is 2.25 bits per heavy atom. The second-order valence-electron chi connectivity index (χ2n) is 9.51. The lowest BCUT2D eigenvalue weighted by Crippen LogP contribution is -2.25. The van der Waals surface area contributed by atoms with Crippen molar-refractivity contribution in [2.24, 2.45) is 0 Å². The first-order valence-electron chi connectivity index (χ1n) is 13.2. The van der Waals surface area contributed by atoms with Crippen LogP contribution in [0, 0.1) is 0 Å². The molecule has 0 bridgehead atoms. The minimum atomic E-state index is -1.82. The second-order valence-corrected chi connectivity index (χ2v) is 9.51. The summed E-state index contributed by atoms with van der Waals surface area (Å²) in [5, 5.41) is 25.6. The lowest BCUT2D eigenvalue weighted by atomic mass is 10.1. The van der Waals surface area contributed by atoms with Crippen molar-refractivity contribution in [1.82, 2.24) is 9.47 Å². The van der Waals surface area contributed by atoms with Crippen molar-refractivity contribution in [1.29, 1.82) is 0 Å². The predicted octanol–water partition coefficient (Wildman–Crippen LogP) is 4.49. The fourth-order valence-corrected chi connectivity index (χ4v) is 4.84. The van der Waals surface area contributed by atoms with E-state index in [1.807, 2.05) is 12.1 Å². The van der Waals surface area contributed by atoms with Crippen LogP contribution in [-0.4, -0.2) is 70.1 Å². The normalized spacial score (nSPS) is 13.1. The number of nitrogens with zero attached hydrogens (tertiary/aromatic N) is 2. The summed E-state index contributed by atoms with van der Waals surface area (Å²) in [4.78, 5) is 20.7. The first kappa shape index (κ1) is 28.7. The Kier molecular flexibility index (Phi) is 9.77. The fraction of sp³-hybridized carbons (Fsp3) is 0.290. The molecule has 0 spiro atoms. The van der Waals surface area contributed by atoms with Crippen LogP contribution in [0.4, 0.5) is 0 Å². The van der Waals surface area contributed by atoms with Gasteiger partial charge in [-0.25, -0.2) is 9.59 Å². The van der Waals surface area contributed by atoms with Gasteiger partial charge in [0.25, 0.3) is 0 Å². The third-order valence-electron chi connectivity index (χ3n) is 6.88. The molecule has 9 nitrogen and oxygen atoms in total. The van der Waals surface area contributed by atoms with Crippen LogP contribution < -0.4 is 9.47 Å². The van der Waals surface area contributed by atoms with Crippen molar-refractivity contribution in [2.75, 3.05) is 33.4 Å². The summed E-state index contributed by atoms with van der Waals surface area (Å²) in [6.45, 7) is 4.79. The molecule has 0 aliphatic carbocycles. The largest absolute Gasteiger partial charge is 0.496 e. The smallest absolute Gasteiger partial charge is 0.414 e. The van der Waals surface area contributed by atoms with E-state index in [0.29, 0.717) is 12.3 Å². The molecule has 1 fully saturated rings. The Balaban J connectivity index is 0.000000557. The number of carbonyl (C=O) groups is 2. The molecule has 0 unspecified atom stereocenters. The van der Waals surface area contributed by atoms with Crippen LogP contribution in [0.2, 0.25) is 0 Å². The van der Waals surface area contributed by atoms with Crippen molar-refractivity contribution in [3.8, 4) is 22.8 Å². The highest BCUT2D eigenvalue weighted by Crippen LogP contribution is 2.31. The number of benzene rings is 3. The predicted molar refractivity (Wildman–Crippen MR) is 152 cm³/mol. The van der Waals surface area contributed by atoms with Crippen LogP contribution in [0.25, 0.3) is 22.2 Å². The summed E-state index contributed by atoms with van der Waals surface area (Å²) in [7, 11) is 1.64. The maximum Gasteiger partial charge on any atom is 0.414 e. The van der Waals surface area contributed by atoms with Gasteiger partial charge in [0.05, 0.1) is 13.7 Å². The number of aliphatic hydroxyl groups excluding tert-OH is 1. The van der Waals surface area contributed by atoms with Crippen LogP contribution in [0.1, 0.15) is 24.0 Å². The number of ether oxygens (including phenoxy) is 2. The van der Waals surface area contributed by atoms with Gasteiger partial charge in [-0.3, -0.25) is 4.90 Å². The Hall–Kier alpha value is -4.34. The SMILES string of the molecule is COc1cc(Cn2c(-c3ccc(OCCN4CCCC4)cc3)cc3ccccc32)ccc1CO.O=C(O)C(=O)O. The fourth-order valence-electron chi connectivity index (χ4n) is 4.84. The number of hydrogen-bond donors (Lipinski definition) is 3. The van der Waals surface area contributed by atoms with Gasteiger partial charge in [-0.2, -0.15) is 0 Å². The molecule has 3 N–H and O–H groups in total. The first-order valence-corrected chi connectivity index (χ1v) is 13.2. The molecular weight excluding hydrogens is 512 g/mol. The molecule has 2 heterocycles. The van der Waals surface area contributed by atoms with Crippen molar-refractivity contribution in [3.63, 3.8) is 0 Å². The Bertz CT molecular complexity index is 1430. The van der Waals surface area contributed by atoms with E-state index in [1.54, 1.807) is 7.11 Å². The minimum Gasteiger partial charge on any atom is -0.496 e. The summed E-state index contributed by atoms with van der Waals surface area (Å²) >= 11 is 0. The van der Waals surface area contributed by atoms with Crippen molar-refractivity contribution < 1.29 is 34.4 Å². The summed E-state index contributed by atoms with van der Waals surface area (Å²) in [6.07, 6.45) is 2.61. The first-order chi connectivity index (χ1) is 19.4. The number of para-hydroxylation sites is 1. The van der Waals surface area contributed by atoms with Crippen LogP contribution in [0.3, 0.4) is 0 Å². The van der Waals surface area contributed by atoms with Gasteiger partial charge in [-0.1, -0.05) is 30.3 Å². The van der Waals surface area contributed by atoms with Gasteiger partial charge in [0.1, 0.15) is 18.1 Å². The Morgan fingerprint density at radius 1 is 0.900 bits per heavy atom. The zero-order chi connectivity index (χ0) is 28.5. The van der Waals surface area contributed by atoms with Crippen LogP contribution in [-0.2, 0) is 22.7 Å². The molecule has 0 radical (unpaired) electrons. The third kappa shape index (κ3) is 7.19. The summed E-state index contributed by atoms with van der Waals surface area (Å²) in [5.74, 6) is -2.02. The molecule has 3 aromatic carbocycles. The number of rotatable bonds is 9. The molecule has 4 aromatic rings. The number of carboxylic acids is 2. The minimum absolute atomic E-state index is 0.0341. The molecule has 9 heteroatoms. The highest BCUT2D eigenvalue weighted by molar-refractivity contribution is 6.27. The van der Waals surface area contributed by atoms with E-state index in [-0.39, 0.29) is 6.61 Å². The van der Waals surface area contributed by atoms with E-state index in [9.17, 15) is 5.11 Å². The molecule has 1 aliphatic heterocycles. The molecule has 1 aromatic heterocycles. The zero-order valence-corrected chi connectivity index (χ0v) is 22.5. The van der Waals surface area contributed by atoms with E-state index >= 15 is 0 Å². The monoisotopic (exact) mass is 546 g/mol. The maximum atomic E-state index is 9.56. The quantitative estimate of drug-likeness (QED) is 0.263. The molecule has 1 saturated heterocycles. The molecule has 0 atom stereocenters. The standard InChI is InChI=1S/C29H32N2O3.C2H2O4/c1-33-29-18-22(8-9-25(29)21-32)20-31-27-7-3-2-6-24(27)19-28(31)23-10-12-26(13-11-23)34-17-16-30-14-4-5-15-30;3-1(4)2(5)6/h2-3,6-13,18-19,32H,4-5,14-17,20-21H2,1H3;(H,3,4)(H,5,6). The lowest BCUT2D eigenvalue weighted by Gasteiger charge is -2.15. The summed E-state index contributed by atoms with van der Waals surface area (Å²) < 4.78 is 13.8. The highest BCUT2D eigenvalue weighted by Gasteiger charge is 2.14. The average molecular weight is 547 g/mol. The number of carboxylic acid groups (broad SMARTS) is 2. The van der Waals surface area contributed by atoms with Crippen molar-refractivity contribution in [2.45, 2.75) is 26.0 Å². The molecule has 0 saturated carbocycles. The van der Waals surface area contributed by atoms with Gasteiger partial charge < -0.3 is 29.4 Å². The van der Waals surface area contributed by atoms with Crippen molar-refractivity contribution in [3.05, 3.63) is 83.9 Å².